The van der Waals surface area contributed by atoms with Crippen molar-refractivity contribution in [3.05, 3.63) is 60.4 Å². The van der Waals surface area contributed by atoms with Gasteiger partial charge in [0.2, 0.25) is 0 Å². The Balaban J connectivity index is 1.75. The first-order valence-corrected chi connectivity index (χ1v) is 8.90. The minimum absolute atomic E-state index is 0.0876. The SMILES string of the molecule is CC1CCN(C(=O)c2cnc3ccccc3n2)c2ccccc2S1. The molecular weight excluding hydrogens is 318 g/mol. The Morgan fingerprint density at radius 2 is 1.88 bits per heavy atom. The molecule has 1 unspecified atom stereocenters. The molecule has 0 radical (unpaired) electrons. The van der Waals surface area contributed by atoms with Crippen LogP contribution in [0.1, 0.15) is 23.8 Å². The van der Waals surface area contributed by atoms with Crippen LogP contribution in [0.15, 0.2) is 59.6 Å². The number of carbonyl (C=O) groups excluding carboxylic acids is 1. The van der Waals surface area contributed by atoms with E-state index in [-0.39, 0.29) is 5.91 Å². The Bertz CT molecular complexity index is 912. The Labute approximate surface area is 144 Å². The molecule has 0 spiro atoms. The predicted molar refractivity (Wildman–Crippen MR) is 97.6 cm³/mol. The van der Waals surface area contributed by atoms with Crippen LogP contribution in [-0.2, 0) is 0 Å². The van der Waals surface area contributed by atoms with Gasteiger partial charge in [-0.3, -0.25) is 9.78 Å². The van der Waals surface area contributed by atoms with Crippen molar-refractivity contribution in [2.24, 2.45) is 0 Å². The molecule has 1 aliphatic heterocycles. The molecule has 24 heavy (non-hydrogen) atoms. The molecule has 0 fully saturated rings. The molecule has 0 saturated carbocycles. The molecule has 3 aromatic rings. The van der Waals surface area contributed by atoms with E-state index >= 15 is 0 Å². The van der Waals surface area contributed by atoms with Crippen molar-refractivity contribution >= 4 is 34.4 Å². The molecule has 1 amide bonds. The smallest absolute Gasteiger partial charge is 0.278 e. The third kappa shape index (κ3) is 2.76. The molecule has 4 nitrogen and oxygen atoms in total. The van der Waals surface area contributed by atoms with E-state index in [9.17, 15) is 4.79 Å². The van der Waals surface area contributed by atoms with Gasteiger partial charge in [0.25, 0.3) is 5.91 Å². The molecule has 0 saturated heterocycles. The molecular formula is C19H17N3OS. The summed E-state index contributed by atoms with van der Waals surface area (Å²) in [4.78, 5) is 24.9. The standard InChI is InChI=1S/C19H17N3OS/c1-13-10-11-22(17-8-4-5-9-18(17)24-13)19(23)16-12-20-14-6-2-3-7-15(14)21-16/h2-9,12-13H,10-11H2,1H3. The van der Waals surface area contributed by atoms with Crippen LogP contribution in [0.5, 0.6) is 0 Å². The summed E-state index contributed by atoms with van der Waals surface area (Å²) in [6, 6.07) is 15.7. The number of hydrogen-bond donors (Lipinski definition) is 0. The van der Waals surface area contributed by atoms with Crippen LogP contribution in [0, 0.1) is 0 Å². The number of nitrogens with zero attached hydrogens (tertiary/aromatic N) is 3. The molecule has 4 rings (SSSR count). The van der Waals surface area contributed by atoms with Crippen LogP contribution in [0.2, 0.25) is 0 Å². The van der Waals surface area contributed by atoms with E-state index in [1.54, 1.807) is 6.20 Å². The molecule has 1 aliphatic rings. The van der Waals surface area contributed by atoms with Gasteiger partial charge in [-0.2, -0.15) is 0 Å². The Morgan fingerprint density at radius 1 is 1.12 bits per heavy atom. The van der Waals surface area contributed by atoms with Crippen molar-refractivity contribution in [2.75, 3.05) is 11.4 Å². The minimum atomic E-state index is -0.0876. The van der Waals surface area contributed by atoms with Crippen molar-refractivity contribution < 1.29 is 4.79 Å². The van der Waals surface area contributed by atoms with Gasteiger partial charge >= 0.3 is 0 Å². The molecule has 0 aliphatic carbocycles. The number of rotatable bonds is 1. The molecule has 1 aromatic heterocycles. The maximum Gasteiger partial charge on any atom is 0.278 e. The molecule has 5 heteroatoms. The number of fused-ring (bicyclic) bond motifs is 2. The lowest BCUT2D eigenvalue weighted by Crippen LogP contribution is -2.33. The number of para-hydroxylation sites is 3. The summed E-state index contributed by atoms with van der Waals surface area (Å²) in [7, 11) is 0. The van der Waals surface area contributed by atoms with Crippen LogP contribution in [-0.4, -0.2) is 27.7 Å². The highest BCUT2D eigenvalue weighted by Crippen LogP contribution is 2.37. The topological polar surface area (TPSA) is 46.1 Å². The normalized spacial score (nSPS) is 17.4. The fraction of sp³-hybridized carbons (Fsp3) is 0.211. The summed E-state index contributed by atoms with van der Waals surface area (Å²) in [6.07, 6.45) is 2.53. The summed E-state index contributed by atoms with van der Waals surface area (Å²) in [5.41, 5.74) is 2.90. The number of benzene rings is 2. The van der Waals surface area contributed by atoms with Gasteiger partial charge in [0.15, 0.2) is 0 Å². The molecule has 120 valence electrons. The van der Waals surface area contributed by atoms with E-state index in [0.717, 1.165) is 28.0 Å². The van der Waals surface area contributed by atoms with Crippen LogP contribution in [0.3, 0.4) is 0 Å². The highest BCUT2D eigenvalue weighted by Gasteiger charge is 2.26. The maximum atomic E-state index is 13.1. The van der Waals surface area contributed by atoms with Crippen molar-refractivity contribution in [3.63, 3.8) is 0 Å². The minimum Gasteiger partial charge on any atom is -0.306 e. The molecule has 0 N–H and O–H groups in total. The third-order valence-electron chi connectivity index (χ3n) is 4.16. The first kappa shape index (κ1) is 15.1. The van der Waals surface area contributed by atoms with Gasteiger partial charge in [-0.05, 0) is 30.7 Å². The van der Waals surface area contributed by atoms with E-state index in [2.05, 4.69) is 23.0 Å². The summed E-state index contributed by atoms with van der Waals surface area (Å²) in [6.45, 7) is 2.89. The molecule has 0 bridgehead atoms. The van der Waals surface area contributed by atoms with Crippen molar-refractivity contribution in [3.8, 4) is 0 Å². The zero-order chi connectivity index (χ0) is 16.5. The lowest BCUT2D eigenvalue weighted by Gasteiger charge is -2.22. The highest BCUT2D eigenvalue weighted by molar-refractivity contribution is 8.00. The zero-order valence-corrected chi connectivity index (χ0v) is 14.2. The van der Waals surface area contributed by atoms with Gasteiger partial charge < -0.3 is 4.90 Å². The van der Waals surface area contributed by atoms with Crippen LogP contribution >= 0.6 is 11.8 Å². The summed E-state index contributed by atoms with van der Waals surface area (Å²) in [5.74, 6) is -0.0876. The number of hydrogen-bond acceptors (Lipinski definition) is 4. The van der Waals surface area contributed by atoms with E-state index < -0.39 is 0 Å². The fourth-order valence-corrected chi connectivity index (χ4v) is 4.01. The van der Waals surface area contributed by atoms with Gasteiger partial charge in [0.1, 0.15) is 5.69 Å². The van der Waals surface area contributed by atoms with Gasteiger partial charge in [0, 0.05) is 16.7 Å². The second-order valence-corrected chi connectivity index (χ2v) is 7.37. The maximum absolute atomic E-state index is 13.1. The van der Waals surface area contributed by atoms with Gasteiger partial charge in [-0.1, -0.05) is 31.2 Å². The third-order valence-corrected chi connectivity index (χ3v) is 5.39. The highest BCUT2D eigenvalue weighted by atomic mass is 32.2. The van der Waals surface area contributed by atoms with Crippen molar-refractivity contribution in [2.45, 2.75) is 23.5 Å². The number of carbonyl (C=O) groups is 1. The van der Waals surface area contributed by atoms with Crippen LogP contribution in [0.4, 0.5) is 5.69 Å². The zero-order valence-electron chi connectivity index (χ0n) is 13.3. The second-order valence-electron chi connectivity index (χ2n) is 5.89. The lowest BCUT2D eigenvalue weighted by atomic mass is 10.2. The van der Waals surface area contributed by atoms with Gasteiger partial charge in [-0.25, -0.2) is 4.98 Å². The molecule has 1 atom stereocenters. The van der Waals surface area contributed by atoms with E-state index in [1.807, 2.05) is 59.1 Å². The number of thioether (sulfide) groups is 1. The number of anilines is 1. The first-order chi connectivity index (χ1) is 11.7. The lowest BCUT2D eigenvalue weighted by molar-refractivity contribution is 0.0981. The Morgan fingerprint density at radius 3 is 2.75 bits per heavy atom. The van der Waals surface area contributed by atoms with Gasteiger partial charge in [-0.15, -0.1) is 11.8 Å². The summed E-state index contributed by atoms with van der Waals surface area (Å²) < 4.78 is 0. The Hall–Kier alpha value is -2.40. The van der Waals surface area contributed by atoms with Crippen LogP contribution < -0.4 is 4.90 Å². The number of aromatic nitrogens is 2. The van der Waals surface area contributed by atoms with Gasteiger partial charge in [0.05, 0.1) is 22.9 Å². The van der Waals surface area contributed by atoms with Crippen LogP contribution in [0.25, 0.3) is 11.0 Å². The number of amides is 1. The largest absolute Gasteiger partial charge is 0.306 e. The van der Waals surface area contributed by atoms with E-state index in [1.165, 1.54) is 0 Å². The molecule has 2 aromatic carbocycles. The Kier molecular flexibility index (Phi) is 3.94. The molecule has 2 heterocycles. The quantitative estimate of drug-likeness (QED) is 0.670. The average molecular weight is 335 g/mol. The average Bonchev–Trinajstić information content (AvgIpc) is 2.79. The van der Waals surface area contributed by atoms with E-state index in [0.29, 0.717) is 17.5 Å². The summed E-state index contributed by atoms with van der Waals surface area (Å²) in [5, 5.41) is 0.478. The van der Waals surface area contributed by atoms with Crippen molar-refractivity contribution in [1.29, 1.82) is 0 Å². The fourth-order valence-electron chi connectivity index (χ4n) is 2.90. The second kappa shape index (κ2) is 6.24. The van der Waals surface area contributed by atoms with Crippen molar-refractivity contribution in [1.82, 2.24) is 9.97 Å². The summed E-state index contributed by atoms with van der Waals surface area (Å²) >= 11 is 1.82. The van der Waals surface area contributed by atoms with E-state index in [4.69, 9.17) is 0 Å². The first-order valence-electron chi connectivity index (χ1n) is 8.02. The monoisotopic (exact) mass is 335 g/mol. The predicted octanol–water partition coefficient (Wildman–Crippen LogP) is 4.16.